The van der Waals surface area contributed by atoms with Crippen LogP contribution < -0.4 is 5.32 Å². The van der Waals surface area contributed by atoms with Crippen molar-refractivity contribution in [2.45, 2.75) is 45.2 Å². The van der Waals surface area contributed by atoms with E-state index in [2.05, 4.69) is 5.32 Å². The molecule has 0 aromatic heterocycles. The summed E-state index contributed by atoms with van der Waals surface area (Å²) in [7, 11) is -3.02. The molecule has 0 aromatic rings. The molecule has 0 spiro atoms. The molecule has 2 atom stereocenters. The predicted octanol–water partition coefficient (Wildman–Crippen LogP) is -0.0633. The molecule has 7 heteroatoms. The van der Waals surface area contributed by atoms with Gasteiger partial charge in [-0.2, -0.15) is 0 Å². The van der Waals surface area contributed by atoms with Crippen molar-refractivity contribution < 1.29 is 18.0 Å². The fraction of sp³-hybridized carbons (Fsp3) is 0.846. The van der Waals surface area contributed by atoms with Crippen molar-refractivity contribution >= 4 is 21.7 Å². The van der Waals surface area contributed by atoms with Gasteiger partial charge in [-0.25, -0.2) is 8.42 Å². The number of rotatable bonds is 2. The summed E-state index contributed by atoms with van der Waals surface area (Å²) in [6, 6.07) is -0.250. The van der Waals surface area contributed by atoms with E-state index in [1.165, 1.54) is 0 Å². The summed E-state index contributed by atoms with van der Waals surface area (Å²) in [6.07, 6.45) is 0.667. The molecule has 0 aromatic carbocycles. The van der Waals surface area contributed by atoms with Crippen molar-refractivity contribution in [2.24, 2.45) is 5.92 Å². The predicted molar refractivity (Wildman–Crippen MR) is 74.8 cm³/mol. The molecule has 2 rings (SSSR count). The normalized spacial score (nSPS) is 29.8. The van der Waals surface area contributed by atoms with Crippen LogP contribution in [-0.4, -0.2) is 54.8 Å². The highest BCUT2D eigenvalue weighted by molar-refractivity contribution is 7.91. The lowest BCUT2D eigenvalue weighted by Gasteiger charge is -2.25. The third-order valence-electron chi connectivity index (χ3n) is 3.68. The first kappa shape index (κ1) is 15.3. The molecule has 0 radical (unpaired) electrons. The maximum absolute atomic E-state index is 12.1. The minimum absolute atomic E-state index is 0.0341. The average molecular weight is 302 g/mol. The maximum Gasteiger partial charge on any atom is 0.225 e. The number of nitrogens with zero attached hydrogens (tertiary/aromatic N) is 1. The quantitative estimate of drug-likeness (QED) is 0.774. The number of carbonyl (C=O) groups is 2. The molecule has 0 saturated carbocycles. The van der Waals surface area contributed by atoms with Gasteiger partial charge in [-0.15, -0.1) is 0 Å². The standard InChI is InChI=1S/C13H22N2O4S/c1-13(2,3)14-12(17)9-6-11(16)15(7-9)10-4-5-20(18,19)8-10/h9-10H,4-8H2,1-3H3,(H,14,17)/t9-,10+/m1/s1. The Morgan fingerprint density at radius 3 is 2.50 bits per heavy atom. The number of amides is 2. The summed E-state index contributed by atoms with van der Waals surface area (Å²) in [5.41, 5.74) is -0.329. The van der Waals surface area contributed by atoms with E-state index in [-0.39, 0.29) is 47.2 Å². The third-order valence-corrected chi connectivity index (χ3v) is 5.43. The lowest BCUT2D eigenvalue weighted by Crippen LogP contribution is -2.45. The monoisotopic (exact) mass is 302 g/mol. The average Bonchev–Trinajstić information content (AvgIpc) is 2.79. The van der Waals surface area contributed by atoms with Gasteiger partial charge in [0.1, 0.15) is 0 Å². The van der Waals surface area contributed by atoms with Crippen molar-refractivity contribution in [3.05, 3.63) is 0 Å². The van der Waals surface area contributed by atoms with Gasteiger partial charge >= 0.3 is 0 Å². The minimum Gasteiger partial charge on any atom is -0.351 e. The van der Waals surface area contributed by atoms with E-state index in [1.54, 1.807) is 4.90 Å². The molecule has 2 heterocycles. The highest BCUT2D eigenvalue weighted by atomic mass is 32.2. The topological polar surface area (TPSA) is 83.6 Å². The van der Waals surface area contributed by atoms with Crippen LogP contribution in [-0.2, 0) is 19.4 Å². The molecule has 114 valence electrons. The molecule has 6 nitrogen and oxygen atoms in total. The van der Waals surface area contributed by atoms with Gasteiger partial charge in [-0.3, -0.25) is 9.59 Å². The van der Waals surface area contributed by atoms with Crippen molar-refractivity contribution in [2.75, 3.05) is 18.1 Å². The fourth-order valence-corrected chi connectivity index (χ4v) is 4.48. The second-order valence-electron chi connectivity index (χ2n) is 6.74. The molecule has 0 bridgehead atoms. The Hall–Kier alpha value is -1.11. The van der Waals surface area contributed by atoms with Crippen LogP contribution in [0.4, 0.5) is 0 Å². The Morgan fingerprint density at radius 1 is 1.35 bits per heavy atom. The van der Waals surface area contributed by atoms with Crippen LogP contribution in [0.3, 0.4) is 0 Å². The summed E-state index contributed by atoms with van der Waals surface area (Å²) >= 11 is 0. The molecular formula is C13H22N2O4S. The van der Waals surface area contributed by atoms with Crippen LogP contribution in [0.5, 0.6) is 0 Å². The fourth-order valence-electron chi connectivity index (χ4n) is 2.75. The van der Waals surface area contributed by atoms with Gasteiger partial charge in [0.2, 0.25) is 11.8 Å². The van der Waals surface area contributed by atoms with Crippen LogP contribution in [0, 0.1) is 5.92 Å². The molecular weight excluding hydrogens is 280 g/mol. The van der Waals surface area contributed by atoms with Crippen molar-refractivity contribution in [1.82, 2.24) is 10.2 Å². The second-order valence-corrected chi connectivity index (χ2v) is 8.97. The van der Waals surface area contributed by atoms with E-state index in [9.17, 15) is 18.0 Å². The maximum atomic E-state index is 12.1. The van der Waals surface area contributed by atoms with Gasteiger partial charge in [-0.1, -0.05) is 0 Å². The lowest BCUT2D eigenvalue weighted by atomic mass is 10.0. The van der Waals surface area contributed by atoms with Crippen LogP contribution in [0.2, 0.25) is 0 Å². The van der Waals surface area contributed by atoms with Gasteiger partial charge < -0.3 is 10.2 Å². The molecule has 2 aliphatic rings. The van der Waals surface area contributed by atoms with Crippen LogP contribution >= 0.6 is 0 Å². The molecule has 0 unspecified atom stereocenters. The number of carbonyl (C=O) groups excluding carboxylic acids is 2. The first-order chi connectivity index (χ1) is 9.07. The van der Waals surface area contributed by atoms with E-state index in [1.807, 2.05) is 20.8 Å². The minimum atomic E-state index is -3.02. The molecule has 1 N–H and O–H groups in total. The first-order valence-electron chi connectivity index (χ1n) is 6.89. The van der Waals surface area contributed by atoms with Crippen molar-refractivity contribution in [3.63, 3.8) is 0 Å². The van der Waals surface area contributed by atoms with Gasteiger partial charge in [-0.05, 0) is 27.2 Å². The Labute approximate surface area is 119 Å². The number of hydrogen-bond acceptors (Lipinski definition) is 4. The summed E-state index contributed by atoms with van der Waals surface area (Å²) in [5.74, 6) is -0.437. The summed E-state index contributed by atoms with van der Waals surface area (Å²) in [4.78, 5) is 25.7. The van der Waals surface area contributed by atoms with E-state index >= 15 is 0 Å². The number of nitrogens with one attached hydrogen (secondary N) is 1. The summed E-state index contributed by atoms with van der Waals surface area (Å²) in [5, 5.41) is 2.87. The Bertz CT molecular complexity index is 521. The Balaban J connectivity index is 1.99. The van der Waals surface area contributed by atoms with E-state index in [4.69, 9.17) is 0 Å². The van der Waals surface area contributed by atoms with Gasteiger partial charge in [0.25, 0.3) is 0 Å². The zero-order chi connectivity index (χ0) is 15.1. The molecule has 0 aliphatic carbocycles. The third kappa shape index (κ3) is 3.50. The van der Waals surface area contributed by atoms with E-state index in [0.29, 0.717) is 13.0 Å². The molecule has 2 saturated heterocycles. The first-order valence-corrected chi connectivity index (χ1v) is 8.71. The molecule has 2 amide bonds. The second kappa shape index (κ2) is 5.02. The largest absolute Gasteiger partial charge is 0.351 e. The van der Waals surface area contributed by atoms with Crippen LogP contribution in [0.25, 0.3) is 0 Å². The molecule has 20 heavy (non-hydrogen) atoms. The van der Waals surface area contributed by atoms with E-state index < -0.39 is 9.84 Å². The van der Waals surface area contributed by atoms with E-state index in [0.717, 1.165) is 0 Å². The van der Waals surface area contributed by atoms with Crippen LogP contribution in [0.1, 0.15) is 33.6 Å². The smallest absolute Gasteiger partial charge is 0.225 e. The van der Waals surface area contributed by atoms with Crippen molar-refractivity contribution in [3.8, 4) is 0 Å². The van der Waals surface area contributed by atoms with Gasteiger partial charge in [0.05, 0.1) is 17.4 Å². The highest BCUT2D eigenvalue weighted by Gasteiger charge is 2.42. The Kier molecular flexibility index (Phi) is 3.83. The lowest BCUT2D eigenvalue weighted by molar-refractivity contribution is -0.130. The SMILES string of the molecule is CC(C)(C)NC(=O)[C@@H]1CC(=O)N([C@H]2CCS(=O)(=O)C2)C1. The highest BCUT2D eigenvalue weighted by Crippen LogP contribution is 2.26. The molecule has 2 fully saturated rings. The number of sulfone groups is 1. The summed E-state index contributed by atoms with van der Waals surface area (Å²) < 4.78 is 23.0. The zero-order valence-electron chi connectivity index (χ0n) is 12.2. The Morgan fingerprint density at radius 2 is 2.00 bits per heavy atom. The zero-order valence-corrected chi connectivity index (χ0v) is 13.0. The molecule has 2 aliphatic heterocycles. The van der Waals surface area contributed by atoms with Gasteiger partial charge in [0.15, 0.2) is 9.84 Å². The van der Waals surface area contributed by atoms with Crippen molar-refractivity contribution in [1.29, 1.82) is 0 Å². The van der Waals surface area contributed by atoms with Gasteiger partial charge in [0, 0.05) is 24.5 Å². The summed E-state index contributed by atoms with van der Waals surface area (Å²) in [6.45, 7) is 6.01. The number of likely N-dealkylation sites (tertiary alicyclic amines) is 1. The van der Waals surface area contributed by atoms with Crippen LogP contribution in [0.15, 0.2) is 0 Å². The number of hydrogen-bond donors (Lipinski definition) is 1.